The van der Waals surface area contributed by atoms with E-state index in [1.807, 2.05) is 12.1 Å². The number of sulfone groups is 1. The van der Waals surface area contributed by atoms with E-state index < -0.39 is 37.3 Å². The van der Waals surface area contributed by atoms with Crippen molar-refractivity contribution in [2.45, 2.75) is 41.1 Å². The van der Waals surface area contributed by atoms with E-state index in [0.717, 1.165) is 11.0 Å². The van der Waals surface area contributed by atoms with Crippen molar-refractivity contribution in [3.8, 4) is 0 Å². The fourth-order valence-electron chi connectivity index (χ4n) is 2.30. The minimum atomic E-state index is -4.63. The van der Waals surface area contributed by atoms with Crippen LogP contribution in [0.3, 0.4) is 0 Å². The van der Waals surface area contributed by atoms with Gasteiger partial charge in [-0.15, -0.1) is 11.8 Å². The number of rotatable bonds is 8. The number of carbonyl (C=O) groups is 1. The maximum Gasteiger partial charge on any atom is 0.417 e. The topological polar surface area (TPSA) is 76.1 Å². The molecule has 1 heterocycles. The maximum atomic E-state index is 12.7. The Labute approximate surface area is 182 Å². The van der Waals surface area contributed by atoms with Crippen LogP contribution in [-0.4, -0.2) is 36.4 Å². The molecule has 164 valence electrons. The van der Waals surface area contributed by atoms with Crippen LogP contribution in [0.4, 0.5) is 13.2 Å². The van der Waals surface area contributed by atoms with Crippen LogP contribution in [0.25, 0.3) is 0 Å². The van der Waals surface area contributed by atoms with E-state index in [1.165, 1.54) is 13.8 Å². The van der Waals surface area contributed by atoms with Gasteiger partial charge in [-0.2, -0.15) is 13.2 Å². The summed E-state index contributed by atoms with van der Waals surface area (Å²) >= 11 is 7.39. The molecule has 0 aliphatic rings. The molecule has 0 radical (unpaired) electrons. The summed E-state index contributed by atoms with van der Waals surface area (Å²) in [6.45, 7) is 2.64. The highest BCUT2D eigenvalue weighted by Crippen LogP contribution is 2.30. The van der Waals surface area contributed by atoms with Crippen LogP contribution in [-0.2, 0) is 20.8 Å². The van der Waals surface area contributed by atoms with Crippen LogP contribution in [0.15, 0.2) is 52.5 Å². The van der Waals surface area contributed by atoms with Gasteiger partial charge in [0.25, 0.3) is 0 Å². The highest BCUT2D eigenvalue weighted by molar-refractivity contribution is 7.99. The summed E-state index contributed by atoms with van der Waals surface area (Å²) in [6.07, 6.45) is -3.60. The third-order valence-corrected chi connectivity index (χ3v) is 7.92. The molecule has 0 aliphatic heterocycles. The van der Waals surface area contributed by atoms with Crippen molar-refractivity contribution < 1.29 is 26.4 Å². The zero-order valence-electron chi connectivity index (χ0n) is 16.2. The summed E-state index contributed by atoms with van der Waals surface area (Å²) in [5, 5.41) is 2.62. The molecule has 1 N–H and O–H groups in total. The van der Waals surface area contributed by atoms with Gasteiger partial charge in [0.2, 0.25) is 15.7 Å². The van der Waals surface area contributed by atoms with Crippen LogP contribution in [0.2, 0.25) is 5.02 Å². The first-order valence-electron chi connectivity index (χ1n) is 8.80. The van der Waals surface area contributed by atoms with Gasteiger partial charge in [-0.05, 0) is 62.4 Å². The molecule has 1 aromatic carbocycles. The van der Waals surface area contributed by atoms with Gasteiger partial charge in [0, 0.05) is 22.7 Å². The van der Waals surface area contributed by atoms with Gasteiger partial charge >= 0.3 is 6.18 Å². The molecule has 30 heavy (non-hydrogen) atoms. The Bertz CT molecular complexity index is 978. The molecule has 0 bridgehead atoms. The maximum absolute atomic E-state index is 12.7. The molecule has 5 nitrogen and oxygen atoms in total. The number of nitrogens with one attached hydrogen (secondary N) is 1. The molecule has 2 aromatic rings. The summed E-state index contributed by atoms with van der Waals surface area (Å²) in [6, 6.07) is 8.68. The number of thioether (sulfide) groups is 1. The quantitative estimate of drug-likeness (QED) is 0.441. The van der Waals surface area contributed by atoms with E-state index in [9.17, 15) is 26.4 Å². The second-order valence-electron chi connectivity index (χ2n) is 6.81. The minimum Gasteiger partial charge on any atom is -0.355 e. The van der Waals surface area contributed by atoms with E-state index in [4.69, 9.17) is 11.6 Å². The molecular weight excluding hydrogens is 461 g/mol. The Morgan fingerprint density at radius 1 is 1.13 bits per heavy atom. The standard InChI is InChI=1S/C19H20ClF3N2O3S2/c1-18(2,30(27,28)16-9-4-13(12-25-16)19(21,22)23)17(26)24-10-3-11-29-15-7-5-14(20)6-8-15/h4-9,12H,3,10-11H2,1-2H3,(H,24,26). The van der Waals surface area contributed by atoms with Crippen LogP contribution < -0.4 is 5.32 Å². The van der Waals surface area contributed by atoms with Crippen LogP contribution in [0, 0.1) is 0 Å². The largest absolute Gasteiger partial charge is 0.417 e. The number of carbonyl (C=O) groups excluding carboxylic acids is 1. The Kier molecular flexibility index (Phi) is 7.81. The van der Waals surface area contributed by atoms with Crippen molar-refractivity contribution >= 4 is 39.1 Å². The van der Waals surface area contributed by atoms with Gasteiger partial charge in [0.1, 0.15) is 0 Å². The fourth-order valence-corrected chi connectivity index (χ4v) is 4.55. The zero-order valence-corrected chi connectivity index (χ0v) is 18.6. The molecule has 0 atom stereocenters. The summed E-state index contributed by atoms with van der Waals surface area (Å²) in [5.41, 5.74) is -1.07. The number of benzene rings is 1. The number of aromatic nitrogens is 1. The third kappa shape index (κ3) is 5.89. The molecule has 11 heteroatoms. The number of nitrogens with zero attached hydrogens (tertiary/aromatic N) is 1. The molecule has 0 aliphatic carbocycles. The highest BCUT2D eigenvalue weighted by atomic mass is 35.5. The summed E-state index contributed by atoms with van der Waals surface area (Å²) < 4.78 is 61.5. The first kappa shape index (κ1) is 24.5. The first-order chi connectivity index (χ1) is 13.9. The van der Waals surface area contributed by atoms with Crippen molar-refractivity contribution in [3.63, 3.8) is 0 Å². The molecule has 0 fully saturated rings. The van der Waals surface area contributed by atoms with E-state index >= 15 is 0 Å². The van der Waals surface area contributed by atoms with E-state index in [0.29, 0.717) is 29.5 Å². The Hall–Kier alpha value is -1.78. The number of hydrogen-bond donors (Lipinski definition) is 1. The lowest BCUT2D eigenvalue weighted by molar-refractivity contribution is -0.137. The van der Waals surface area contributed by atoms with E-state index in [2.05, 4.69) is 10.3 Å². The van der Waals surface area contributed by atoms with E-state index in [-0.39, 0.29) is 6.54 Å². The van der Waals surface area contributed by atoms with Gasteiger partial charge in [-0.25, -0.2) is 13.4 Å². The third-order valence-electron chi connectivity index (χ3n) is 4.25. The normalized spacial score (nSPS) is 12.6. The zero-order chi connectivity index (χ0) is 22.6. The lowest BCUT2D eigenvalue weighted by Gasteiger charge is -2.23. The van der Waals surface area contributed by atoms with Crippen molar-refractivity contribution in [2.75, 3.05) is 12.3 Å². The van der Waals surface area contributed by atoms with Crippen molar-refractivity contribution in [2.24, 2.45) is 0 Å². The molecule has 2 rings (SSSR count). The molecule has 0 unspecified atom stereocenters. The summed E-state index contributed by atoms with van der Waals surface area (Å²) in [5.74, 6) is -0.0593. The van der Waals surface area contributed by atoms with Crippen molar-refractivity contribution in [1.82, 2.24) is 10.3 Å². The highest BCUT2D eigenvalue weighted by Gasteiger charge is 2.44. The molecule has 0 spiro atoms. The second kappa shape index (κ2) is 9.57. The first-order valence-corrected chi connectivity index (χ1v) is 11.6. The monoisotopic (exact) mass is 480 g/mol. The predicted molar refractivity (Wildman–Crippen MR) is 110 cm³/mol. The van der Waals surface area contributed by atoms with E-state index in [1.54, 1.807) is 23.9 Å². The van der Waals surface area contributed by atoms with Gasteiger partial charge in [-0.1, -0.05) is 11.6 Å². The average Bonchev–Trinajstić information content (AvgIpc) is 2.68. The van der Waals surface area contributed by atoms with Crippen molar-refractivity contribution in [1.29, 1.82) is 0 Å². The summed E-state index contributed by atoms with van der Waals surface area (Å²) in [7, 11) is -4.30. The van der Waals surface area contributed by atoms with Gasteiger partial charge < -0.3 is 5.32 Å². The lowest BCUT2D eigenvalue weighted by atomic mass is 10.2. The lowest BCUT2D eigenvalue weighted by Crippen LogP contribution is -2.48. The number of alkyl halides is 3. The molecular formula is C19H20ClF3N2O3S2. The van der Waals surface area contributed by atoms with Crippen LogP contribution in [0.1, 0.15) is 25.8 Å². The minimum absolute atomic E-state index is 0.249. The van der Waals surface area contributed by atoms with Crippen molar-refractivity contribution in [3.05, 3.63) is 53.2 Å². The smallest absolute Gasteiger partial charge is 0.355 e. The van der Waals surface area contributed by atoms with Crippen LogP contribution in [0.5, 0.6) is 0 Å². The number of halogens is 4. The second-order valence-corrected chi connectivity index (χ2v) is 10.9. The molecule has 1 aromatic heterocycles. The average molecular weight is 481 g/mol. The molecule has 0 saturated carbocycles. The van der Waals surface area contributed by atoms with Gasteiger partial charge in [-0.3, -0.25) is 4.79 Å². The van der Waals surface area contributed by atoms with Gasteiger partial charge in [0.15, 0.2) is 9.77 Å². The Morgan fingerprint density at radius 2 is 1.77 bits per heavy atom. The molecule has 1 amide bonds. The predicted octanol–water partition coefficient (Wildman–Crippen LogP) is 4.60. The Balaban J connectivity index is 1.94. The summed E-state index contributed by atoms with van der Waals surface area (Å²) in [4.78, 5) is 16.9. The number of hydrogen-bond acceptors (Lipinski definition) is 5. The van der Waals surface area contributed by atoms with Crippen LogP contribution >= 0.6 is 23.4 Å². The fraction of sp³-hybridized carbons (Fsp3) is 0.368. The SMILES string of the molecule is CC(C)(C(=O)NCCCSc1ccc(Cl)cc1)S(=O)(=O)c1ccc(C(F)(F)F)cn1. The molecule has 0 saturated heterocycles. The van der Waals surface area contributed by atoms with Gasteiger partial charge in [0.05, 0.1) is 5.56 Å². The number of pyridine rings is 1. The Morgan fingerprint density at radius 3 is 2.30 bits per heavy atom. The number of amides is 1.